The predicted octanol–water partition coefficient (Wildman–Crippen LogP) is 1.22. The Kier molecular flexibility index (Phi) is 3.97. The number of imide groups is 1. The van der Waals surface area contributed by atoms with Crippen molar-refractivity contribution >= 4 is 29.1 Å². The summed E-state index contributed by atoms with van der Waals surface area (Å²) in [5.41, 5.74) is 0.564. The molecule has 0 spiro atoms. The van der Waals surface area contributed by atoms with E-state index in [-0.39, 0.29) is 24.3 Å². The zero-order chi connectivity index (χ0) is 15.0. The first-order chi connectivity index (χ1) is 10.1. The van der Waals surface area contributed by atoms with Crippen LogP contribution in [0.3, 0.4) is 0 Å². The highest BCUT2D eigenvalue weighted by Crippen LogP contribution is 2.27. The summed E-state index contributed by atoms with van der Waals surface area (Å²) in [5.74, 6) is -0.280. The van der Waals surface area contributed by atoms with Crippen molar-refractivity contribution in [1.82, 2.24) is 9.80 Å². The molecule has 0 radical (unpaired) electrons. The molecule has 1 atom stereocenters. The topological polar surface area (TPSA) is 43.9 Å². The van der Waals surface area contributed by atoms with E-state index >= 15 is 0 Å². The first kappa shape index (κ1) is 14.5. The van der Waals surface area contributed by atoms with E-state index in [1.54, 1.807) is 24.3 Å². The maximum atomic E-state index is 12.6. The van der Waals surface area contributed by atoms with Crippen molar-refractivity contribution in [2.75, 3.05) is 38.1 Å². The molecule has 112 valence electrons. The second kappa shape index (κ2) is 5.75. The molecule has 1 aromatic carbocycles. The van der Waals surface area contributed by atoms with E-state index in [1.807, 2.05) is 0 Å². The molecular weight excluding hydrogens is 290 g/mol. The van der Waals surface area contributed by atoms with Gasteiger partial charge in [0.15, 0.2) is 0 Å². The van der Waals surface area contributed by atoms with Crippen molar-refractivity contribution in [3.8, 4) is 0 Å². The molecule has 21 heavy (non-hydrogen) atoms. The Balaban J connectivity index is 1.79. The summed E-state index contributed by atoms with van der Waals surface area (Å²) in [6.45, 7) is 3.50. The molecule has 6 heteroatoms. The number of piperazine rings is 1. The van der Waals surface area contributed by atoms with Gasteiger partial charge in [-0.15, -0.1) is 0 Å². The first-order valence-electron chi connectivity index (χ1n) is 7.11. The lowest BCUT2D eigenvalue weighted by molar-refractivity contribution is -0.123. The minimum atomic E-state index is -0.329. The predicted molar refractivity (Wildman–Crippen MR) is 81.4 cm³/mol. The molecule has 2 heterocycles. The van der Waals surface area contributed by atoms with Crippen molar-refractivity contribution in [3.63, 3.8) is 0 Å². The number of carbonyl (C=O) groups excluding carboxylic acids is 2. The molecule has 0 N–H and O–H groups in total. The largest absolute Gasteiger partial charge is 0.304 e. The van der Waals surface area contributed by atoms with Gasteiger partial charge >= 0.3 is 0 Å². The zero-order valence-corrected chi connectivity index (χ0v) is 12.7. The number of benzene rings is 1. The number of anilines is 1. The van der Waals surface area contributed by atoms with Crippen LogP contribution in [0.5, 0.6) is 0 Å². The lowest BCUT2D eigenvalue weighted by Gasteiger charge is -2.35. The van der Waals surface area contributed by atoms with Gasteiger partial charge in [0.05, 0.1) is 18.2 Å². The van der Waals surface area contributed by atoms with Crippen molar-refractivity contribution in [3.05, 3.63) is 29.3 Å². The minimum absolute atomic E-state index is 0.133. The number of rotatable bonds is 2. The second-order valence-electron chi connectivity index (χ2n) is 5.61. The Labute approximate surface area is 129 Å². The molecular formula is C15H18ClN3O2. The summed E-state index contributed by atoms with van der Waals surface area (Å²) in [6.07, 6.45) is 0.259. The average molecular weight is 308 g/mol. The molecule has 2 aliphatic rings. The lowest BCUT2D eigenvalue weighted by Crippen LogP contribution is -2.51. The second-order valence-corrected chi connectivity index (χ2v) is 6.04. The Morgan fingerprint density at radius 1 is 1.14 bits per heavy atom. The number of likely N-dealkylation sites (N-methyl/N-ethyl adjacent to an activating group) is 1. The van der Waals surface area contributed by atoms with Crippen LogP contribution >= 0.6 is 11.6 Å². The molecule has 0 aromatic heterocycles. The Hall–Kier alpha value is -1.43. The van der Waals surface area contributed by atoms with Gasteiger partial charge in [-0.05, 0) is 25.2 Å². The molecule has 2 amide bonds. The average Bonchev–Trinajstić information content (AvgIpc) is 2.75. The van der Waals surface area contributed by atoms with Crippen LogP contribution in [0.15, 0.2) is 24.3 Å². The maximum Gasteiger partial charge on any atom is 0.251 e. The Morgan fingerprint density at radius 2 is 1.86 bits per heavy atom. The third kappa shape index (κ3) is 2.81. The fraction of sp³-hybridized carbons (Fsp3) is 0.467. The van der Waals surface area contributed by atoms with Crippen molar-refractivity contribution in [2.24, 2.45) is 0 Å². The van der Waals surface area contributed by atoms with E-state index in [0.717, 1.165) is 26.2 Å². The molecule has 0 aliphatic carbocycles. The molecule has 1 aromatic rings. The van der Waals surface area contributed by atoms with Gasteiger partial charge in [-0.1, -0.05) is 17.7 Å². The number of carbonyl (C=O) groups is 2. The van der Waals surface area contributed by atoms with Crippen LogP contribution in [-0.2, 0) is 9.59 Å². The summed E-state index contributed by atoms with van der Waals surface area (Å²) in [5, 5.41) is 0.524. The van der Waals surface area contributed by atoms with Crippen molar-refractivity contribution in [2.45, 2.75) is 12.5 Å². The zero-order valence-electron chi connectivity index (χ0n) is 12.0. The van der Waals surface area contributed by atoms with Gasteiger partial charge < -0.3 is 4.90 Å². The van der Waals surface area contributed by atoms with Gasteiger partial charge in [0.1, 0.15) is 0 Å². The van der Waals surface area contributed by atoms with E-state index in [9.17, 15) is 9.59 Å². The monoisotopic (exact) mass is 307 g/mol. The number of hydrogen-bond acceptors (Lipinski definition) is 4. The summed E-state index contributed by atoms with van der Waals surface area (Å²) in [6, 6.07) is 6.55. The van der Waals surface area contributed by atoms with Crippen LogP contribution in [0, 0.1) is 0 Å². The van der Waals surface area contributed by atoms with Crippen LogP contribution in [0.25, 0.3) is 0 Å². The summed E-state index contributed by atoms with van der Waals surface area (Å²) < 4.78 is 0. The SMILES string of the molecule is CN1CCN([C@H]2CC(=O)N(c3cccc(Cl)c3)C2=O)CC1. The highest BCUT2D eigenvalue weighted by atomic mass is 35.5. The van der Waals surface area contributed by atoms with Gasteiger partial charge in [0, 0.05) is 31.2 Å². The fourth-order valence-corrected chi connectivity index (χ4v) is 3.11. The first-order valence-corrected chi connectivity index (χ1v) is 7.49. The summed E-state index contributed by atoms with van der Waals surface area (Å²) in [4.78, 5) is 30.5. The maximum absolute atomic E-state index is 12.6. The van der Waals surface area contributed by atoms with Crippen LogP contribution in [0.2, 0.25) is 5.02 Å². The van der Waals surface area contributed by atoms with Crippen LogP contribution in [0.1, 0.15) is 6.42 Å². The van der Waals surface area contributed by atoms with Gasteiger partial charge in [-0.25, -0.2) is 4.90 Å². The molecule has 0 bridgehead atoms. The molecule has 0 saturated carbocycles. The van der Waals surface area contributed by atoms with Crippen LogP contribution in [-0.4, -0.2) is 60.9 Å². The molecule has 2 aliphatic heterocycles. The molecule has 3 rings (SSSR count). The van der Waals surface area contributed by atoms with Crippen LogP contribution < -0.4 is 4.90 Å². The molecule has 5 nitrogen and oxygen atoms in total. The van der Waals surface area contributed by atoms with E-state index < -0.39 is 0 Å². The van der Waals surface area contributed by atoms with E-state index in [1.165, 1.54) is 4.90 Å². The fourth-order valence-electron chi connectivity index (χ4n) is 2.92. The van der Waals surface area contributed by atoms with Crippen LogP contribution in [0.4, 0.5) is 5.69 Å². The number of halogens is 1. The summed E-state index contributed by atoms with van der Waals surface area (Å²) >= 11 is 5.95. The molecule has 2 fully saturated rings. The van der Waals surface area contributed by atoms with E-state index in [4.69, 9.17) is 11.6 Å². The third-order valence-electron chi connectivity index (χ3n) is 4.17. The smallest absolute Gasteiger partial charge is 0.251 e. The van der Waals surface area contributed by atoms with E-state index in [0.29, 0.717) is 10.7 Å². The van der Waals surface area contributed by atoms with Gasteiger partial charge in [-0.3, -0.25) is 14.5 Å². The summed E-state index contributed by atoms with van der Waals surface area (Å²) in [7, 11) is 2.07. The van der Waals surface area contributed by atoms with Gasteiger partial charge in [-0.2, -0.15) is 0 Å². The highest BCUT2D eigenvalue weighted by Gasteiger charge is 2.43. The lowest BCUT2D eigenvalue weighted by atomic mass is 10.2. The number of hydrogen-bond donors (Lipinski definition) is 0. The van der Waals surface area contributed by atoms with Gasteiger partial charge in [0.25, 0.3) is 5.91 Å². The normalized spacial score (nSPS) is 24.9. The number of nitrogens with zero attached hydrogens (tertiary/aromatic N) is 3. The van der Waals surface area contributed by atoms with Crippen molar-refractivity contribution in [1.29, 1.82) is 0 Å². The molecule has 2 saturated heterocycles. The minimum Gasteiger partial charge on any atom is -0.304 e. The highest BCUT2D eigenvalue weighted by molar-refractivity contribution is 6.31. The number of amides is 2. The van der Waals surface area contributed by atoms with Gasteiger partial charge in [0.2, 0.25) is 5.91 Å². The third-order valence-corrected chi connectivity index (χ3v) is 4.40. The molecule has 0 unspecified atom stereocenters. The van der Waals surface area contributed by atoms with Crippen molar-refractivity contribution < 1.29 is 9.59 Å². The quantitative estimate of drug-likeness (QED) is 0.771. The standard InChI is InChI=1S/C15H18ClN3O2/c1-17-5-7-18(8-6-17)13-10-14(20)19(15(13)21)12-4-2-3-11(16)9-12/h2-4,9,13H,5-8,10H2,1H3/t13-/m0/s1. The Morgan fingerprint density at radius 3 is 2.52 bits per heavy atom. The Bertz CT molecular complexity index is 570. The van der Waals surface area contributed by atoms with E-state index in [2.05, 4.69) is 16.8 Å².